The Labute approximate surface area is 485 Å². The molecule has 0 radical (unpaired) electrons. The average Bonchev–Trinajstić information content (AvgIpc) is 3.42. The number of rotatable bonds is 53. The van der Waals surface area contributed by atoms with Crippen LogP contribution in [0.5, 0.6) is 0 Å². The van der Waals surface area contributed by atoms with Gasteiger partial charge in [-0.15, -0.1) is 0 Å². The van der Waals surface area contributed by atoms with E-state index in [1.54, 1.807) is 6.08 Å². The quantitative estimate of drug-likeness (QED) is 0.0243. The van der Waals surface area contributed by atoms with Gasteiger partial charge >= 0.3 is 7.82 Å². The van der Waals surface area contributed by atoms with Crippen molar-refractivity contribution in [1.82, 2.24) is 5.32 Å². The Balaban J connectivity index is 4.34. The molecule has 0 bridgehead atoms. The average molecular weight is 1110 g/mol. The molecule has 0 saturated carbocycles. The van der Waals surface area contributed by atoms with Crippen molar-refractivity contribution in [3.8, 4) is 0 Å². The van der Waals surface area contributed by atoms with E-state index in [1.807, 2.05) is 27.2 Å². The van der Waals surface area contributed by atoms with Gasteiger partial charge in [0.05, 0.1) is 39.9 Å². The van der Waals surface area contributed by atoms with Crippen LogP contribution in [0.2, 0.25) is 0 Å². The number of allylic oxidation sites excluding steroid dienone is 29. The predicted molar refractivity (Wildman–Crippen MR) is 345 cm³/mol. The summed E-state index contributed by atoms with van der Waals surface area (Å²) in [5.41, 5.74) is 0. The molecule has 0 aromatic heterocycles. The van der Waals surface area contributed by atoms with E-state index in [9.17, 15) is 19.4 Å². The number of aliphatic hydroxyl groups is 1. The minimum atomic E-state index is -4.39. The molecule has 0 aliphatic heterocycles. The van der Waals surface area contributed by atoms with E-state index in [0.29, 0.717) is 17.4 Å². The van der Waals surface area contributed by atoms with Gasteiger partial charge in [-0.05, 0) is 135 Å². The summed E-state index contributed by atoms with van der Waals surface area (Å²) in [7, 11) is 1.49. The maximum Gasteiger partial charge on any atom is 0.472 e. The Kier molecular flexibility index (Phi) is 55.0. The molecule has 3 N–H and O–H groups in total. The maximum absolute atomic E-state index is 13.0. The second-order valence-corrected chi connectivity index (χ2v) is 22.4. The van der Waals surface area contributed by atoms with E-state index in [-0.39, 0.29) is 25.5 Å². The zero-order valence-corrected chi connectivity index (χ0v) is 51.4. The van der Waals surface area contributed by atoms with Gasteiger partial charge in [0.15, 0.2) is 0 Å². The van der Waals surface area contributed by atoms with Gasteiger partial charge in [0.2, 0.25) is 5.91 Å². The Morgan fingerprint density at radius 3 is 1.16 bits per heavy atom. The molecule has 1 amide bonds. The first-order valence-corrected chi connectivity index (χ1v) is 32.2. The smallest absolute Gasteiger partial charge is 0.387 e. The summed E-state index contributed by atoms with van der Waals surface area (Å²) in [6.07, 6.45) is 94.4. The predicted octanol–water partition coefficient (Wildman–Crippen LogP) is 19.4. The third-order valence-electron chi connectivity index (χ3n) is 12.3. The molecule has 0 aliphatic carbocycles. The van der Waals surface area contributed by atoms with Crippen LogP contribution in [0.1, 0.15) is 200 Å². The maximum atomic E-state index is 13.0. The summed E-state index contributed by atoms with van der Waals surface area (Å²) in [4.78, 5) is 23.3. The molecule has 0 heterocycles. The molecule has 79 heavy (non-hydrogen) atoms. The van der Waals surface area contributed by atoms with Crippen LogP contribution < -0.4 is 5.32 Å². The van der Waals surface area contributed by atoms with Crippen LogP contribution in [0.3, 0.4) is 0 Å². The summed E-state index contributed by atoms with van der Waals surface area (Å²) in [6.45, 7) is 4.61. The lowest BCUT2D eigenvalue weighted by Crippen LogP contribution is -2.45. The second kappa shape index (κ2) is 58.3. The highest BCUT2D eigenvalue weighted by molar-refractivity contribution is 7.47. The molecule has 3 atom stereocenters. The topological polar surface area (TPSA) is 105 Å². The number of hydrogen-bond donors (Lipinski definition) is 3. The van der Waals surface area contributed by atoms with Crippen molar-refractivity contribution in [2.24, 2.45) is 0 Å². The zero-order chi connectivity index (χ0) is 57.7. The highest BCUT2D eigenvalue weighted by atomic mass is 31.2. The van der Waals surface area contributed by atoms with Gasteiger partial charge in [-0.2, -0.15) is 0 Å². The van der Waals surface area contributed by atoms with Gasteiger partial charge in [0, 0.05) is 6.42 Å². The van der Waals surface area contributed by atoms with Crippen molar-refractivity contribution in [1.29, 1.82) is 0 Å². The summed E-state index contributed by atoms with van der Waals surface area (Å²) in [5, 5.41) is 13.9. The molecule has 9 heteroatoms. The molecule has 0 rings (SSSR count). The summed E-state index contributed by atoms with van der Waals surface area (Å²) in [5.74, 6) is -0.241. The Morgan fingerprint density at radius 1 is 0.443 bits per heavy atom. The third kappa shape index (κ3) is 61.1. The van der Waals surface area contributed by atoms with E-state index < -0.39 is 20.0 Å². The SMILES string of the molecule is CC/C=C\C/C=C\C/C=C\C/C=C\C/C=C\C/C=C\C/C=C\C/C=C\C/C=C\C/C=C\C/C=C\C/C=C\CCCCC(=O)NC(COP(=O)(O)OCC[N+](C)(C)C)C(O)/C=C/CC/C=C/CC/C=C/CCCCCCCCCC. The number of likely N-dealkylation sites (N-methyl/N-ethyl adjacent to an activating group) is 1. The monoisotopic (exact) mass is 1110 g/mol. The fraction of sp³-hybridized carbons (Fsp3) is 0.557. The van der Waals surface area contributed by atoms with Crippen LogP contribution in [0.25, 0.3) is 0 Å². The normalized spacial score (nSPS) is 15.1. The van der Waals surface area contributed by atoms with E-state index >= 15 is 0 Å². The number of carbonyl (C=O) groups excluding carboxylic acids is 1. The number of aliphatic hydroxyl groups excluding tert-OH is 1. The van der Waals surface area contributed by atoms with Gasteiger partial charge in [0.25, 0.3) is 0 Å². The number of amides is 1. The standard InChI is InChI=1S/C70H113N2O6P/c1-6-8-10-12-14-16-18-20-22-24-26-27-28-29-30-31-32-33-34-35-36-37-38-39-40-41-42-43-44-45-46-48-50-52-54-56-58-60-62-64-70(74)71-68(67-78-79(75,76)77-66-65-72(3,4)5)69(73)63-61-59-57-55-53-51-49-47-25-23-21-19-17-15-13-11-9-7-2/h8,10,14,16,20,22,25-27,29-30,32-33,35-36,38-39,41-42,44-45,47-48,50,53-56,61,63,68-69,73H,6-7,9,11-13,15,17-19,21,23-24,28,31,34,37,40,43,46,49,51-52,57-60,62,64-67H2,1-5H3,(H-,71,74,75,76)/p+1/b10-8-,16-14-,22-20-,27-26-,30-29-,33-32-,36-35-,39-38-,42-41-,45-44-,47-25+,50-48-,55-53+,56-54-,63-61+. The highest BCUT2D eigenvalue weighted by Gasteiger charge is 2.27. The van der Waals surface area contributed by atoms with Crippen molar-refractivity contribution >= 4 is 13.7 Å². The lowest BCUT2D eigenvalue weighted by atomic mass is 10.1. The van der Waals surface area contributed by atoms with Crippen LogP contribution in [0.15, 0.2) is 182 Å². The Morgan fingerprint density at radius 2 is 0.772 bits per heavy atom. The zero-order valence-electron chi connectivity index (χ0n) is 50.5. The minimum absolute atomic E-state index is 0.0345. The molecular formula is C70H114N2O6P+. The largest absolute Gasteiger partial charge is 0.472 e. The Bertz CT molecular complexity index is 1930. The van der Waals surface area contributed by atoms with Crippen LogP contribution in [-0.4, -0.2) is 73.4 Å². The first kappa shape index (κ1) is 74.6. The van der Waals surface area contributed by atoms with Crippen LogP contribution in [0, 0.1) is 0 Å². The molecule has 0 aromatic rings. The summed E-state index contributed by atoms with van der Waals surface area (Å²) in [6, 6.07) is -0.908. The van der Waals surface area contributed by atoms with E-state index in [1.165, 1.54) is 57.8 Å². The molecule has 0 fully saturated rings. The Hall–Kier alpha value is -4.40. The third-order valence-corrected chi connectivity index (χ3v) is 13.3. The molecule has 0 aliphatic rings. The number of quaternary nitrogens is 1. The van der Waals surface area contributed by atoms with Gasteiger partial charge in [0.1, 0.15) is 13.2 Å². The van der Waals surface area contributed by atoms with Crippen molar-refractivity contribution < 1.29 is 32.9 Å². The molecule has 444 valence electrons. The van der Waals surface area contributed by atoms with E-state index in [4.69, 9.17) is 9.05 Å². The summed E-state index contributed by atoms with van der Waals surface area (Å²) >= 11 is 0. The van der Waals surface area contributed by atoms with E-state index in [0.717, 1.165) is 116 Å². The number of unbranched alkanes of at least 4 members (excludes halogenated alkanes) is 12. The number of nitrogens with zero attached hydrogens (tertiary/aromatic N) is 1. The molecule has 0 aromatic carbocycles. The molecule has 0 saturated heterocycles. The fourth-order valence-corrected chi connectivity index (χ4v) is 8.32. The van der Waals surface area contributed by atoms with Crippen LogP contribution >= 0.6 is 7.82 Å². The number of carbonyl (C=O) groups is 1. The molecular weight excluding hydrogens is 996 g/mol. The van der Waals surface area contributed by atoms with Gasteiger partial charge < -0.3 is 19.8 Å². The molecule has 3 unspecified atom stereocenters. The fourth-order valence-electron chi connectivity index (χ4n) is 7.58. The van der Waals surface area contributed by atoms with Crippen molar-refractivity contribution in [2.75, 3.05) is 40.9 Å². The summed E-state index contributed by atoms with van der Waals surface area (Å²) < 4.78 is 23.6. The van der Waals surface area contributed by atoms with Crippen LogP contribution in [0.4, 0.5) is 0 Å². The van der Waals surface area contributed by atoms with Crippen molar-refractivity contribution in [2.45, 2.75) is 212 Å². The van der Waals surface area contributed by atoms with Crippen molar-refractivity contribution in [3.63, 3.8) is 0 Å². The molecule has 8 nitrogen and oxygen atoms in total. The lowest BCUT2D eigenvalue weighted by Gasteiger charge is -2.25. The second-order valence-electron chi connectivity index (χ2n) is 21.0. The highest BCUT2D eigenvalue weighted by Crippen LogP contribution is 2.43. The molecule has 0 spiro atoms. The number of hydrogen-bond acceptors (Lipinski definition) is 5. The first-order valence-electron chi connectivity index (χ1n) is 30.7. The minimum Gasteiger partial charge on any atom is -0.387 e. The first-order chi connectivity index (χ1) is 38.5. The number of nitrogens with one attached hydrogen (secondary N) is 1. The number of phosphoric ester groups is 1. The van der Waals surface area contributed by atoms with Crippen LogP contribution in [-0.2, 0) is 18.4 Å². The lowest BCUT2D eigenvalue weighted by molar-refractivity contribution is -0.870. The van der Waals surface area contributed by atoms with Gasteiger partial charge in [-0.25, -0.2) is 4.57 Å². The van der Waals surface area contributed by atoms with Gasteiger partial charge in [-0.3, -0.25) is 13.8 Å². The van der Waals surface area contributed by atoms with E-state index in [2.05, 4.69) is 189 Å². The van der Waals surface area contributed by atoms with Crippen molar-refractivity contribution in [3.05, 3.63) is 182 Å². The van der Waals surface area contributed by atoms with Gasteiger partial charge in [-0.1, -0.05) is 241 Å². The number of phosphoric acid groups is 1.